The van der Waals surface area contributed by atoms with Crippen molar-refractivity contribution in [1.29, 1.82) is 0 Å². The predicted octanol–water partition coefficient (Wildman–Crippen LogP) is 2.46. The SMILES string of the molecule is CC(C)CC(C)NC(=O)c1sc(NC2CC2)nc1N. The van der Waals surface area contributed by atoms with E-state index in [0.717, 1.165) is 11.6 Å². The molecule has 0 saturated heterocycles. The molecule has 106 valence electrons. The molecule has 0 aliphatic heterocycles. The molecular weight excluding hydrogens is 260 g/mol. The minimum absolute atomic E-state index is 0.119. The minimum Gasteiger partial charge on any atom is -0.382 e. The van der Waals surface area contributed by atoms with Crippen molar-refractivity contribution in [2.75, 3.05) is 11.1 Å². The van der Waals surface area contributed by atoms with Crippen molar-refractivity contribution in [3.05, 3.63) is 4.88 Å². The van der Waals surface area contributed by atoms with E-state index in [-0.39, 0.29) is 11.9 Å². The van der Waals surface area contributed by atoms with E-state index in [1.54, 1.807) is 0 Å². The van der Waals surface area contributed by atoms with Crippen molar-refractivity contribution >= 4 is 28.2 Å². The van der Waals surface area contributed by atoms with Gasteiger partial charge in [0, 0.05) is 12.1 Å². The lowest BCUT2D eigenvalue weighted by molar-refractivity contribution is 0.0941. The lowest BCUT2D eigenvalue weighted by atomic mass is 10.1. The topological polar surface area (TPSA) is 80.0 Å². The smallest absolute Gasteiger partial charge is 0.265 e. The van der Waals surface area contributed by atoms with Crippen molar-refractivity contribution in [3.63, 3.8) is 0 Å². The van der Waals surface area contributed by atoms with Crippen LogP contribution >= 0.6 is 11.3 Å². The Balaban J connectivity index is 1.95. The molecule has 1 heterocycles. The first-order valence-corrected chi connectivity index (χ1v) is 7.61. The van der Waals surface area contributed by atoms with Gasteiger partial charge in [0.2, 0.25) is 0 Å². The molecule has 1 fully saturated rings. The number of nitrogens with zero attached hydrogens (tertiary/aromatic N) is 1. The summed E-state index contributed by atoms with van der Waals surface area (Å²) in [5, 5.41) is 6.99. The van der Waals surface area contributed by atoms with Gasteiger partial charge in [0.15, 0.2) is 5.13 Å². The molecule has 1 atom stereocenters. The number of carbonyl (C=O) groups excluding carboxylic acids is 1. The second kappa shape index (κ2) is 5.77. The number of anilines is 2. The molecule has 1 aromatic heterocycles. The molecule has 5 nitrogen and oxygen atoms in total. The third-order valence-electron chi connectivity index (χ3n) is 2.97. The number of nitrogens with two attached hydrogens (primary N) is 1. The maximum absolute atomic E-state index is 12.1. The van der Waals surface area contributed by atoms with Gasteiger partial charge in [-0.1, -0.05) is 25.2 Å². The van der Waals surface area contributed by atoms with Gasteiger partial charge in [0.05, 0.1) is 0 Å². The standard InChI is InChI=1S/C13H22N4OS/c1-7(2)6-8(3)15-12(18)10-11(14)17-13(19-10)16-9-4-5-9/h7-9H,4-6,14H2,1-3H3,(H,15,18)(H,16,17). The minimum atomic E-state index is -0.119. The molecular formula is C13H22N4OS. The molecule has 19 heavy (non-hydrogen) atoms. The highest BCUT2D eigenvalue weighted by Crippen LogP contribution is 2.30. The third kappa shape index (κ3) is 4.09. The Labute approximate surface area is 118 Å². The number of nitrogens with one attached hydrogen (secondary N) is 2. The second-order valence-corrected chi connectivity index (χ2v) is 6.66. The van der Waals surface area contributed by atoms with Gasteiger partial charge in [-0.3, -0.25) is 4.79 Å². The summed E-state index contributed by atoms with van der Waals surface area (Å²) >= 11 is 1.34. The molecule has 1 aliphatic carbocycles. The van der Waals surface area contributed by atoms with E-state index in [9.17, 15) is 4.79 Å². The van der Waals surface area contributed by atoms with E-state index in [1.165, 1.54) is 24.2 Å². The van der Waals surface area contributed by atoms with E-state index in [2.05, 4.69) is 29.5 Å². The molecule has 0 bridgehead atoms. The van der Waals surface area contributed by atoms with Gasteiger partial charge in [0.1, 0.15) is 10.7 Å². The predicted molar refractivity (Wildman–Crippen MR) is 79.6 cm³/mol. The molecule has 4 N–H and O–H groups in total. The van der Waals surface area contributed by atoms with Crippen LogP contribution in [0.4, 0.5) is 10.9 Å². The molecule has 0 spiro atoms. The number of rotatable bonds is 6. The lowest BCUT2D eigenvalue weighted by Gasteiger charge is -2.15. The quantitative estimate of drug-likeness (QED) is 0.749. The number of hydrogen-bond acceptors (Lipinski definition) is 5. The van der Waals surface area contributed by atoms with Gasteiger partial charge in [-0.2, -0.15) is 0 Å². The highest BCUT2D eigenvalue weighted by atomic mass is 32.1. The Morgan fingerprint density at radius 3 is 2.74 bits per heavy atom. The largest absolute Gasteiger partial charge is 0.382 e. The number of nitrogen functional groups attached to an aromatic ring is 1. The summed E-state index contributed by atoms with van der Waals surface area (Å²) in [5.41, 5.74) is 5.81. The molecule has 1 aromatic rings. The van der Waals surface area contributed by atoms with Crippen LogP contribution in [-0.4, -0.2) is 23.0 Å². The summed E-state index contributed by atoms with van der Waals surface area (Å²) in [4.78, 5) is 16.8. The van der Waals surface area contributed by atoms with Gasteiger partial charge in [-0.25, -0.2) is 4.98 Å². The first-order chi connectivity index (χ1) is 8.95. The normalized spacial score (nSPS) is 16.4. The Bertz CT molecular complexity index is 453. The average Bonchev–Trinajstić information content (AvgIpc) is 3.00. The van der Waals surface area contributed by atoms with Crippen LogP contribution < -0.4 is 16.4 Å². The summed E-state index contributed by atoms with van der Waals surface area (Å²) in [5.74, 6) is 0.760. The van der Waals surface area contributed by atoms with Gasteiger partial charge in [0.25, 0.3) is 5.91 Å². The average molecular weight is 282 g/mol. The van der Waals surface area contributed by atoms with E-state index in [0.29, 0.717) is 22.7 Å². The Morgan fingerprint density at radius 1 is 1.47 bits per heavy atom. The van der Waals surface area contributed by atoms with Crippen LogP contribution in [0.3, 0.4) is 0 Å². The van der Waals surface area contributed by atoms with Crippen molar-refractivity contribution in [2.45, 2.75) is 52.1 Å². The fraction of sp³-hybridized carbons (Fsp3) is 0.692. The molecule has 6 heteroatoms. The molecule has 1 unspecified atom stereocenters. The Hall–Kier alpha value is -1.30. The van der Waals surface area contributed by atoms with Gasteiger partial charge in [-0.05, 0) is 32.1 Å². The fourth-order valence-corrected chi connectivity index (χ4v) is 2.88. The summed E-state index contributed by atoms with van der Waals surface area (Å²) in [6.45, 7) is 6.29. The molecule has 1 amide bonds. The van der Waals surface area contributed by atoms with E-state index < -0.39 is 0 Å². The maximum Gasteiger partial charge on any atom is 0.265 e. The first-order valence-electron chi connectivity index (χ1n) is 6.79. The highest BCUT2D eigenvalue weighted by Gasteiger charge is 2.24. The van der Waals surface area contributed by atoms with Crippen LogP contribution in [0.25, 0.3) is 0 Å². The molecule has 2 rings (SSSR count). The van der Waals surface area contributed by atoms with E-state index >= 15 is 0 Å². The molecule has 0 radical (unpaired) electrons. The van der Waals surface area contributed by atoms with Gasteiger partial charge in [-0.15, -0.1) is 0 Å². The monoisotopic (exact) mass is 282 g/mol. The van der Waals surface area contributed by atoms with Crippen LogP contribution in [0, 0.1) is 5.92 Å². The van der Waals surface area contributed by atoms with Crippen molar-refractivity contribution < 1.29 is 4.79 Å². The lowest BCUT2D eigenvalue weighted by Crippen LogP contribution is -2.33. The Morgan fingerprint density at radius 2 is 2.16 bits per heavy atom. The van der Waals surface area contributed by atoms with Crippen LogP contribution in [0.1, 0.15) is 49.7 Å². The zero-order valence-electron chi connectivity index (χ0n) is 11.7. The summed E-state index contributed by atoms with van der Waals surface area (Å²) in [6.07, 6.45) is 3.30. The van der Waals surface area contributed by atoms with Crippen molar-refractivity contribution in [3.8, 4) is 0 Å². The molecule has 1 aliphatic rings. The van der Waals surface area contributed by atoms with E-state index in [4.69, 9.17) is 5.73 Å². The van der Waals surface area contributed by atoms with E-state index in [1.807, 2.05) is 6.92 Å². The fourth-order valence-electron chi connectivity index (χ4n) is 2.01. The zero-order chi connectivity index (χ0) is 14.0. The zero-order valence-corrected chi connectivity index (χ0v) is 12.5. The highest BCUT2D eigenvalue weighted by molar-refractivity contribution is 7.18. The van der Waals surface area contributed by atoms with Gasteiger partial charge < -0.3 is 16.4 Å². The van der Waals surface area contributed by atoms with Crippen LogP contribution in [0.2, 0.25) is 0 Å². The summed E-state index contributed by atoms with van der Waals surface area (Å²) in [6, 6.07) is 0.662. The molecule has 1 saturated carbocycles. The second-order valence-electron chi connectivity index (χ2n) is 5.66. The number of aromatic nitrogens is 1. The van der Waals surface area contributed by atoms with Crippen LogP contribution in [0.15, 0.2) is 0 Å². The van der Waals surface area contributed by atoms with Crippen molar-refractivity contribution in [2.24, 2.45) is 5.92 Å². The number of carbonyl (C=O) groups is 1. The van der Waals surface area contributed by atoms with Gasteiger partial charge >= 0.3 is 0 Å². The van der Waals surface area contributed by atoms with Crippen molar-refractivity contribution in [1.82, 2.24) is 10.3 Å². The third-order valence-corrected chi connectivity index (χ3v) is 3.97. The number of thiazole rings is 1. The summed E-state index contributed by atoms with van der Waals surface area (Å²) < 4.78 is 0. The van der Waals surface area contributed by atoms with Crippen LogP contribution in [0.5, 0.6) is 0 Å². The van der Waals surface area contributed by atoms with Crippen LogP contribution in [-0.2, 0) is 0 Å². The number of hydrogen-bond donors (Lipinski definition) is 3. The molecule has 0 aromatic carbocycles. The maximum atomic E-state index is 12.1. The Kier molecular flexibility index (Phi) is 4.29. The number of amides is 1. The first kappa shape index (κ1) is 14.1. The summed E-state index contributed by atoms with van der Waals surface area (Å²) in [7, 11) is 0.